The van der Waals surface area contributed by atoms with E-state index in [0.29, 0.717) is 5.82 Å². The number of para-hydroxylation sites is 2. The van der Waals surface area contributed by atoms with Gasteiger partial charge in [0.2, 0.25) is 0 Å². The van der Waals surface area contributed by atoms with Crippen molar-refractivity contribution in [1.29, 1.82) is 0 Å². The molecule has 0 saturated carbocycles. The van der Waals surface area contributed by atoms with Gasteiger partial charge in [0.15, 0.2) is 5.82 Å². The molecule has 0 spiro atoms. The van der Waals surface area contributed by atoms with E-state index in [1.54, 1.807) is 0 Å². The number of nitrogens with zero attached hydrogens (tertiary/aromatic N) is 5. The first kappa shape index (κ1) is 35.5. The molecule has 0 bridgehead atoms. The van der Waals surface area contributed by atoms with E-state index in [2.05, 4.69) is 227 Å². The number of aromatic nitrogens is 5. The molecule has 0 atom stereocenters. The van der Waals surface area contributed by atoms with Crippen LogP contribution in [0.1, 0.15) is 0 Å². The largest absolute Gasteiger partial charge is 0.309 e. The van der Waals surface area contributed by atoms with Crippen LogP contribution >= 0.6 is 0 Å². The highest BCUT2D eigenvalue weighted by Gasteiger charge is 2.22. The van der Waals surface area contributed by atoms with E-state index >= 15 is 0 Å². The molecule has 0 N–H and O–H groups in total. The predicted molar refractivity (Wildman–Crippen MR) is 255 cm³/mol. The van der Waals surface area contributed by atoms with Gasteiger partial charge in [-0.05, 0) is 47.3 Å². The molecule has 4 aromatic heterocycles. The molecule has 5 heteroatoms. The molecular weight excluding hydrogens is 755 g/mol. The molecule has 4 heterocycles. The summed E-state index contributed by atoms with van der Waals surface area (Å²) in [7, 11) is 0. The fraction of sp³-hybridized carbons (Fsp3) is 0. The van der Waals surface area contributed by atoms with E-state index in [0.717, 1.165) is 78.3 Å². The Kier molecular flexibility index (Phi) is 8.42. The summed E-state index contributed by atoms with van der Waals surface area (Å²) in [5.41, 5.74) is 15.5. The molecule has 0 radical (unpaired) electrons. The summed E-state index contributed by atoms with van der Waals surface area (Å²) in [5.74, 6) is 0.658. The highest BCUT2D eigenvalue weighted by molar-refractivity contribution is 6.10. The summed E-state index contributed by atoms with van der Waals surface area (Å²) in [6.07, 6.45) is 0. The minimum atomic E-state index is 0.658. The summed E-state index contributed by atoms with van der Waals surface area (Å²) in [6.45, 7) is 0. The van der Waals surface area contributed by atoms with Gasteiger partial charge < -0.3 is 4.57 Å². The van der Waals surface area contributed by atoms with Gasteiger partial charge in [0.05, 0.1) is 33.6 Å². The molecule has 12 aromatic rings. The molecule has 0 aliphatic rings. The van der Waals surface area contributed by atoms with Gasteiger partial charge in [-0.1, -0.05) is 188 Å². The maximum atomic E-state index is 5.45. The lowest BCUT2D eigenvalue weighted by molar-refractivity contribution is 0.979. The Labute approximate surface area is 358 Å². The molecule has 0 aliphatic carbocycles. The predicted octanol–water partition coefficient (Wildman–Crippen LogP) is 14.4. The average molecular weight is 792 g/mol. The van der Waals surface area contributed by atoms with Crippen LogP contribution in [-0.4, -0.2) is 24.1 Å². The first-order valence-electron chi connectivity index (χ1n) is 20.9. The van der Waals surface area contributed by atoms with Gasteiger partial charge in [0, 0.05) is 55.2 Å². The lowest BCUT2D eigenvalue weighted by Gasteiger charge is -2.12. The third kappa shape index (κ3) is 5.98. The van der Waals surface area contributed by atoms with Crippen LogP contribution in [0.2, 0.25) is 0 Å². The average Bonchev–Trinajstić information content (AvgIpc) is 3.92. The van der Waals surface area contributed by atoms with Crippen molar-refractivity contribution in [1.82, 2.24) is 24.1 Å². The van der Waals surface area contributed by atoms with Crippen LogP contribution in [0.4, 0.5) is 0 Å². The van der Waals surface area contributed by atoms with Crippen molar-refractivity contribution in [3.63, 3.8) is 0 Å². The van der Waals surface area contributed by atoms with Crippen LogP contribution in [0.3, 0.4) is 0 Å². The molecule has 5 nitrogen and oxygen atoms in total. The number of pyridine rings is 1. The Hall–Kier alpha value is -8.41. The monoisotopic (exact) mass is 791 g/mol. The Morgan fingerprint density at radius 2 is 0.887 bits per heavy atom. The normalized spacial score (nSPS) is 11.5. The number of hydrogen-bond acceptors (Lipinski definition) is 3. The standard InChI is InChI=1S/C57H37N5/c1-4-17-38(18-5-1)49-37-50(44-24-16-25-45(35-44)61-51-29-14-12-27-47(51)48-28-13-15-30-52(48)61)59-57(58-49)42-33-31-41(32-34-42)55-54(40-21-8-3-9-22-40)56-46-26-11-10-23-43(46)36-53(62(56)60-55)39-19-6-2-7-20-39/h1-37H. The second kappa shape index (κ2) is 14.7. The van der Waals surface area contributed by atoms with Gasteiger partial charge in [0.1, 0.15) is 5.69 Å². The molecular formula is C57H37N5. The second-order valence-corrected chi connectivity index (χ2v) is 15.7. The van der Waals surface area contributed by atoms with Gasteiger partial charge in [-0.15, -0.1) is 0 Å². The van der Waals surface area contributed by atoms with E-state index in [-0.39, 0.29) is 0 Å². The molecule has 12 rings (SSSR count). The third-order valence-corrected chi connectivity index (χ3v) is 11.9. The van der Waals surface area contributed by atoms with Crippen LogP contribution in [0.15, 0.2) is 224 Å². The van der Waals surface area contributed by atoms with Crippen LogP contribution in [0, 0.1) is 0 Å². The zero-order valence-electron chi connectivity index (χ0n) is 33.6. The van der Waals surface area contributed by atoms with Gasteiger partial charge in [0.25, 0.3) is 0 Å². The van der Waals surface area contributed by atoms with Crippen molar-refractivity contribution in [3.8, 4) is 73.2 Å². The van der Waals surface area contributed by atoms with E-state index in [9.17, 15) is 0 Å². The van der Waals surface area contributed by atoms with Crippen LogP contribution in [-0.2, 0) is 0 Å². The summed E-state index contributed by atoms with van der Waals surface area (Å²) < 4.78 is 4.48. The first-order valence-corrected chi connectivity index (χ1v) is 20.9. The number of benzene rings is 8. The fourth-order valence-electron chi connectivity index (χ4n) is 9.05. The van der Waals surface area contributed by atoms with Gasteiger partial charge in [-0.2, -0.15) is 5.10 Å². The number of rotatable bonds is 7. The van der Waals surface area contributed by atoms with Crippen molar-refractivity contribution in [2.45, 2.75) is 0 Å². The van der Waals surface area contributed by atoms with Crippen LogP contribution in [0.5, 0.6) is 0 Å². The lowest BCUT2D eigenvalue weighted by Crippen LogP contribution is -1.98. The highest BCUT2D eigenvalue weighted by Crippen LogP contribution is 2.41. The molecule has 62 heavy (non-hydrogen) atoms. The zero-order chi connectivity index (χ0) is 41.0. The van der Waals surface area contributed by atoms with E-state index < -0.39 is 0 Å². The van der Waals surface area contributed by atoms with Crippen molar-refractivity contribution in [2.24, 2.45) is 0 Å². The SMILES string of the molecule is c1ccc(-c2cc(-c3cccc(-n4c5ccccc5c5ccccc54)c3)nc(-c3ccc(-c4nn5c(-c6ccccc6)cc6ccccc6c5c4-c4ccccc4)cc3)n2)cc1. The minimum absolute atomic E-state index is 0.658. The quantitative estimate of drug-likeness (QED) is 0.162. The summed E-state index contributed by atoms with van der Waals surface area (Å²) in [5, 5.41) is 10.2. The summed E-state index contributed by atoms with van der Waals surface area (Å²) in [6, 6.07) is 79.0. The molecule has 8 aromatic carbocycles. The Bertz CT molecular complexity index is 3550. The minimum Gasteiger partial charge on any atom is -0.309 e. The van der Waals surface area contributed by atoms with Crippen LogP contribution in [0.25, 0.3) is 111 Å². The Morgan fingerprint density at radius 1 is 0.355 bits per heavy atom. The number of fused-ring (bicyclic) bond motifs is 6. The highest BCUT2D eigenvalue weighted by atomic mass is 15.2. The van der Waals surface area contributed by atoms with E-state index in [1.165, 1.54) is 27.2 Å². The summed E-state index contributed by atoms with van der Waals surface area (Å²) in [4.78, 5) is 10.5. The van der Waals surface area contributed by atoms with Crippen molar-refractivity contribution >= 4 is 38.1 Å². The van der Waals surface area contributed by atoms with Crippen molar-refractivity contribution < 1.29 is 0 Å². The van der Waals surface area contributed by atoms with E-state index in [4.69, 9.17) is 15.1 Å². The maximum absolute atomic E-state index is 5.45. The molecule has 290 valence electrons. The molecule has 0 amide bonds. The van der Waals surface area contributed by atoms with Gasteiger partial charge in [-0.25, -0.2) is 14.5 Å². The summed E-state index contributed by atoms with van der Waals surface area (Å²) >= 11 is 0. The van der Waals surface area contributed by atoms with Gasteiger partial charge >= 0.3 is 0 Å². The Balaban J connectivity index is 1.01. The third-order valence-electron chi connectivity index (χ3n) is 11.9. The van der Waals surface area contributed by atoms with Crippen molar-refractivity contribution in [2.75, 3.05) is 0 Å². The number of hydrogen-bond donors (Lipinski definition) is 0. The zero-order valence-corrected chi connectivity index (χ0v) is 33.6. The fourth-order valence-corrected chi connectivity index (χ4v) is 9.05. The Morgan fingerprint density at radius 3 is 1.56 bits per heavy atom. The maximum Gasteiger partial charge on any atom is 0.160 e. The smallest absolute Gasteiger partial charge is 0.160 e. The van der Waals surface area contributed by atoms with Gasteiger partial charge in [-0.3, -0.25) is 0 Å². The topological polar surface area (TPSA) is 48.0 Å². The molecule has 0 fully saturated rings. The molecule has 0 unspecified atom stereocenters. The first-order chi connectivity index (χ1) is 30.7. The van der Waals surface area contributed by atoms with Crippen molar-refractivity contribution in [3.05, 3.63) is 224 Å². The second-order valence-electron chi connectivity index (χ2n) is 15.7. The molecule has 0 aliphatic heterocycles. The van der Waals surface area contributed by atoms with E-state index in [1.807, 2.05) is 6.07 Å². The van der Waals surface area contributed by atoms with Crippen LogP contribution < -0.4 is 0 Å². The molecule has 0 saturated heterocycles. The lowest BCUT2D eigenvalue weighted by atomic mass is 9.96.